The van der Waals surface area contributed by atoms with E-state index >= 15 is 0 Å². The zero-order valence-electron chi connectivity index (χ0n) is 5.88. The largest absolute Gasteiger partial charge is 0.370 e. The highest BCUT2D eigenvalue weighted by Gasteiger charge is 2.20. The van der Waals surface area contributed by atoms with Crippen molar-refractivity contribution in [3.63, 3.8) is 0 Å². The quantitative estimate of drug-likeness (QED) is 0.775. The highest BCUT2D eigenvalue weighted by atomic mass is 79.9. The number of rotatable bonds is 1. The van der Waals surface area contributed by atoms with Crippen LogP contribution < -0.4 is 0 Å². The summed E-state index contributed by atoms with van der Waals surface area (Å²) in [7, 11) is 0. The molecule has 60 valence electrons. The average molecular weight is 218 g/mol. The van der Waals surface area contributed by atoms with Crippen molar-refractivity contribution in [2.75, 3.05) is 6.61 Å². The average Bonchev–Trinajstić information content (AvgIpc) is 2.55. The summed E-state index contributed by atoms with van der Waals surface area (Å²) in [6.07, 6.45) is 2.29. The second-order valence-electron chi connectivity index (χ2n) is 2.49. The van der Waals surface area contributed by atoms with E-state index < -0.39 is 0 Å². The van der Waals surface area contributed by atoms with Gasteiger partial charge in [-0.05, 0) is 28.8 Å². The van der Waals surface area contributed by atoms with E-state index in [2.05, 4.69) is 31.1 Å². The van der Waals surface area contributed by atoms with Gasteiger partial charge in [-0.15, -0.1) is 5.10 Å². The van der Waals surface area contributed by atoms with Gasteiger partial charge in [-0.2, -0.15) is 0 Å². The van der Waals surface area contributed by atoms with E-state index in [1.54, 1.807) is 0 Å². The van der Waals surface area contributed by atoms with Crippen LogP contribution in [0.1, 0.15) is 24.8 Å². The molecule has 0 spiro atoms. The van der Waals surface area contributed by atoms with Gasteiger partial charge in [0.05, 0.1) is 0 Å². The molecule has 2 rings (SSSR count). The van der Waals surface area contributed by atoms with Crippen molar-refractivity contribution >= 4 is 15.9 Å². The molecule has 0 aromatic carbocycles. The van der Waals surface area contributed by atoms with Gasteiger partial charge in [-0.1, -0.05) is 0 Å². The number of halogens is 1. The minimum Gasteiger partial charge on any atom is -0.370 e. The molecule has 2 heterocycles. The van der Waals surface area contributed by atoms with E-state index in [1.807, 2.05) is 0 Å². The molecular formula is C6H8BrN3O. The fourth-order valence-electron chi connectivity index (χ4n) is 1.19. The van der Waals surface area contributed by atoms with Gasteiger partial charge in [0.15, 0.2) is 5.82 Å². The number of hydrogen-bond acceptors (Lipinski definition) is 3. The lowest BCUT2D eigenvalue weighted by atomic mass is 10.2. The molecule has 0 amide bonds. The monoisotopic (exact) mass is 217 g/mol. The van der Waals surface area contributed by atoms with Crippen molar-refractivity contribution in [1.29, 1.82) is 0 Å². The molecule has 0 bridgehead atoms. The van der Waals surface area contributed by atoms with Crippen LogP contribution in [0.25, 0.3) is 0 Å². The Labute approximate surface area is 72.5 Å². The molecule has 1 fully saturated rings. The lowest BCUT2D eigenvalue weighted by molar-refractivity contribution is 0.105. The molecule has 0 saturated carbocycles. The van der Waals surface area contributed by atoms with E-state index in [-0.39, 0.29) is 6.10 Å². The minimum atomic E-state index is 0.133. The van der Waals surface area contributed by atoms with E-state index in [1.165, 1.54) is 0 Å². The molecule has 11 heavy (non-hydrogen) atoms. The molecule has 5 heteroatoms. The Morgan fingerprint density at radius 1 is 1.64 bits per heavy atom. The maximum absolute atomic E-state index is 5.40. The number of hydrogen-bond donors (Lipinski definition) is 1. The van der Waals surface area contributed by atoms with Gasteiger partial charge in [-0.25, -0.2) is 4.98 Å². The zero-order chi connectivity index (χ0) is 7.68. The first-order valence-corrected chi connectivity index (χ1v) is 4.35. The van der Waals surface area contributed by atoms with Gasteiger partial charge in [0, 0.05) is 6.61 Å². The predicted octanol–water partition coefficient (Wildman–Crippen LogP) is 1.42. The highest BCUT2D eigenvalue weighted by Crippen LogP contribution is 2.25. The van der Waals surface area contributed by atoms with Gasteiger partial charge in [0.1, 0.15) is 6.10 Å². The lowest BCUT2D eigenvalue weighted by Gasteiger charge is -2.02. The first kappa shape index (κ1) is 7.24. The fraction of sp³-hybridized carbons (Fsp3) is 0.667. The third kappa shape index (κ3) is 1.44. The highest BCUT2D eigenvalue weighted by molar-refractivity contribution is 9.10. The smallest absolute Gasteiger partial charge is 0.217 e. The molecule has 1 aromatic rings. The summed E-state index contributed by atoms with van der Waals surface area (Å²) in [6, 6.07) is 0. The Morgan fingerprint density at radius 3 is 3.09 bits per heavy atom. The predicted molar refractivity (Wildman–Crippen MR) is 42.0 cm³/mol. The van der Waals surface area contributed by atoms with Gasteiger partial charge >= 0.3 is 0 Å². The van der Waals surface area contributed by atoms with Crippen molar-refractivity contribution in [2.24, 2.45) is 0 Å². The molecule has 1 aliphatic heterocycles. The Kier molecular flexibility index (Phi) is 1.91. The van der Waals surface area contributed by atoms with Gasteiger partial charge in [-0.3, -0.25) is 5.10 Å². The van der Waals surface area contributed by atoms with Crippen LogP contribution in [0.3, 0.4) is 0 Å². The zero-order valence-corrected chi connectivity index (χ0v) is 7.47. The number of H-pyrrole nitrogens is 1. The van der Waals surface area contributed by atoms with Crippen molar-refractivity contribution in [2.45, 2.75) is 18.9 Å². The molecule has 1 N–H and O–H groups in total. The maximum atomic E-state index is 5.40. The van der Waals surface area contributed by atoms with Crippen LogP contribution in [0.2, 0.25) is 0 Å². The third-order valence-electron chi connectivity index (χ3n) is 1.71. The van der Waals surface area contributed by atoms with E-state index in [4.69, 9.17) is 4.74 Å². The molecule has 1 aromatic heterocycles. The first-order valence-electron chi connectivity index (χ1n) is 3.55. The van der Waals surface area contributed by atoms with Crippen LogP contribution >= 0.6 is 15.9 Å². The number of nitrogens with one attached hydrogen (secondary N) is 1. The summed E-state index contributed by atoms with van der Waals surface area (Å²) in [5.41, 5.74) is 0. The number of ether oxygens (including phenoxy) is 1. The molecular weight excluding hydrogens is 210 g/mol. The number of nitrogens with zero attached hydrogens (tertiary/aromatic N) is 2. The van der Waals surface area contributed by atoms with Crippen LogP contribution in [0.5, 0.6) is 0 Å². The number of aromatic nitrogens is 3. The normalized spacial score (nSPS) is 24.3. The second-order valence-corrected chi connectivity index (χ2v) is 3.20. The van der Waals surface area contributed by atoms with Crippen molar-refractivity contribution in [3.8, 4) is 0 Å². The van der Waals surface area contributed by atoms with Crippen LogP contribution in [-0.4, -0.2) is 21.8 Å². The molecule has 0 aliphatic carbocycles. The van der Waals surface area contributed by atoms with Crippen LogP contribution in [0.4, 0.5) is 0 Å². The van der Waals surface area contributed by atoms with E-state index in [9.17, 15) is 0 Å². The van der Waals surface area contributed by atoms with Gasteiger partial charge in [0.2, 0.25) is 4.73 Å². The summed E-state index contributed by atoms with van der Waals surface area (Å²) in [6.45, 7) is 0.836. The van der Waals surface area contributed by atoms with Crippen LogP contribution in [-0.2, 0) is 4.74 Å². The summed E-state index contributed by atoms with van der Waals surface area (Å²) >= 11 is 3.17. The molecule has 1 saturated heterocycles. The summed E-state index contributed by atoms with van der Waals surface area (Å²) in [5.74, 6) is 0.828. The molecule has 0 radical (unpaired) electrons. The van der Waals surface area contributed by atoms with Gasteiger partial charge < -0.3 is 4.74 Å². The van der Waals surface area contributed by atoms with E-state index in [0.717, 1.165) is 25.3 Å². The SMILES string of the molecule is Brc1n[nH]c(C2CCCO2)n1. The molecule has 4 nitrogen and oxygen atoms in total. The second kappa shape index (κ2) is 2.91. The van der Waals surface area contributed by atoms with E-state index in [0.29, 0.717) is 4.73 Å². The Hall–Kier alpha value is -0.420. The molecule has 1 unspecified atom stereocenters. The Bertz CT molecular complexity index is 244. The maximum Gasteiger partial charge on any atom is 0.217 e. The lowest BCUT2D eigenvalue weighted by Crippen LogP contribution is -1.97. The minimum absolute atomic E-state index is 0.133. The first-order chi connectivity index (χ1) is 5.36. The number of aromatic amines is 1. The molecule has 1 aliphatic rings. The van der Waals surface area contributed by atoms with Crippen molar-refractivity contribution < 1.29 is 4.74 Å². The van der Waals surface area contributed by atoms with Crippen LogP contribution in [0.15, 0.2) is 4.73 Å². The standard InChI is InChI=1S/C6H8BrN3O/c7-6-8-5(9-10-6)4-2-1-3-11-4/h4H,1-3H2,(H,8,9,10). The van der Waals surface area contributed by atoms with Crippen molar-refractivity contribution in [1.82, 2.24) is 15.2 Å². The Balaban J connectivity index is 2.15. The van der Waals surface area contributed by atoms with Gasteiger partial charge in [0.25, 0.3) is 0 Å². The fourth-order valence-corrected chi connectivity index (χ4v) is 1.47. The van der Waals surface area contributed by atoms with Crippen molar-refractivity contribution in [3.05, 3.63) is 10.6 Å². The third-order valence-corrected chi connectivity index (χ3v) is 2.06. The van der Waals surface area contributed by atoms with Crippen LogP contribution in [0, 0.1) is 0 Å². The summed E-state index contributed by atoms with van der Waals surface area (Å²) < 4.78 is 6.00. The summed E-state index contributed by atoms with van der Waals surface area (Å²) in [4.78, 5) is 4.12. The molecule has 1 atom stereocenters. The Morgan fingerprint density at radius 2 is 2.55 bits per heavy atom. The topological polar surface area (TPSA) is 50.8 Å². The summed E-state index contributed by atoms with van der Waals surface area (Å²) in [5, 5.41) is 6.68.